The van der Waals surface area contributed by atoms with Crippen LogP contribution in [0.1, 0.15) is 106 Å². The van der Waals surface area contributed by atoms with E-state index in [4.69, 9.17) is 4.74 Å². The van der Waals surface area contributed by atoms with Gasteiger partial charge in [-0.3, -0.25) is 0 Å². The van der Waals surface area contributed by atoms with Crippen molar-refractivity contribution in [1.29, 1.82) is 0 Å². The monoisotopic (exact) mass is 392 g/mol. The molecule has 7 atom stereocenters. The first-order valence-corrected chi connectivity index (χ1v) is 12.5. The second-order valence-electron chi connectivity index (χ2n) is 9.63. The Labute approximate surface area is 175 Å². The summed E-state index contributed by atoms with van der Waals surface area (Å²) in [6, 6.07) is 0. The van der Waals surface area contributed by atoms with Crippen molar-refractivity contribution in [2.45, 2.75) is 118 Å². The van der Waals surface area contributed by atoms with Crippen LogP contribution in [0.2, 0.25) is 0 Å². The Hall–Kier alpha value is -0.340. The van der Waals surface area contributed by atoms with E-state index < -0.39 is 0 Å². The van der Waals surface area contributed by atoms with Gasteiger partial charge in [-0.15, -0.1) is 0 Å². The van der Waals surface area contributed by atoms with Crippen molar-refractivity contribution >= 4 is 0 Å². The SMILES string of the molecule is CC.CC.CCCOC1CCC2(C)C(=CCC3C2CCC2(C)C(O)CCC32)C1. The molecule has 0 spiro atoms. The van der Waals surface area contributed by atoms with Crippen LogP contribution in [0.3, 0.4) is 0 Å². The molecular formula is C26H48O2. The number of allylic oxidation sites excluding steroid dienone is 1. The second-order valence-corrected chi connectivity index (χ2v) is 9.63. The van der Waals surface area contributed by atoms with Gasteiger partial charge in [0.1, 0.15) is 0 Å². The van der Waals surface area contributed by atoms with E-state index in [0.29, 0.717) is 11.5 Å². The third-order valence-corrected chi connectivity index (χ3v) is 8.57. The Morgan fingerprint density at radius 2 is 1.71 bits per heavy atom. The van der Waals surface area contributed by atoms with E-state index in [9.17, 15) is 5.11 Å². The molecule has 0 aliphatic heterocycles. The van der Waals surface area contributed by atoms with Crippen LogP contribution in [0.15, 0.2) is 11.6 Å². The number of ether oxygens (including phenoxy) is 1. The summed E-state index contributed by atoms with van der Waals surface area (Å²) in [6.45, 7) is 16.0. The maximum atomic E-state index is 10.6. The molecule has 0 saturated heterocycles. The van der Waals surface area contributed by atoms with Crippen molar-refractivity contribution in [3.8, 4) is 0 Å². The maximum absolute atomic E-state index is 10.6. The maximum Gasteiger partial charge on any atom is 0.0612 e. The molecule has 0 heterocycles. The normalized spacial score (nSPS) is 43.9. The van der Waals surface area contributed by atoms with Crippen LogP contribution in [0.25, 0.3) is 0 Å². The minimum Gasteiger partial charge on any atom is -0.393 e. The highest BCUT2D eigenvalue weighted by molar-refractivity contribution is 5.25. The lowest BCUT2D eigenvalue weighted by molar-refractivity contribution is -0.0755. The highest BCUT2D eigenvalue weighted by Gasteiger charge is 2.58. The van der Waals surface area contributed by atoms with E-state index >= 15 is 0 Å². The van der Waals surface area contributed by atoms with Crippen molar-refractivity contribution in [2.24, 2.45) is 28.6 Å². The van der Waals surface area contributed by atoms with Gasteiger partial charge in [0, 0.05) is 6.61 Å². The lowest BCUT2D eigenvalue weighted by Crippen LogP contribution is -2.51. The van der Waals surface area contributed by atoms with E-state index in [-0.39, 0.29) is 11.5 Å². The predicted molar refractivity (Wildman–Crippen MR) is 120 cm³/mol. The molecule has 1 N–H and O–H groups in total. The Balaban J connectivity index is 0.000000660. The minimum atomic E-state index is -0.0557. The van der Waals surface area contributed by atoms with Gasteiger partial charge in [-0.1, -0.05) is 60.1 Å². The van der Waals surface area contributed by atoms with Gasteiger partial charge in [0.15, 0.2) is 0 Å². The van der Waals surface area contributed by atoms with Crippen LogP contribution >= 0.6 is 0 Å². The number of rotatable bonds is 3. The number of fused-ring (bicyclic) bond motifs is 5. The summed E-state index contributed by atoms with van der Waals surface area (Å²) < 4.78 is 6.09. The third-order valence-electron chi connectivity index (χ3n) is 8.57. The van der Waals surface area contributed by atoms with Gasteiger partial charge in [0.25, 0.3) is 0 Å². The molecule has 7 unspecified atom stereocenters. The fourth-order valence-electron chi connectivity index (χ4n) is 7.03. The van der Waals surface area contributed by atoms with Crippen molar-refractivity contribution in [3.63, 3.8) is 0 Å². The molecule has 0 aromatic heterocycles. The quantitative estimate of drug-likeness (QED) is 0.516. The molecule has 2 heteroatoms. The first-order valence-electron chi connectivity index (χ1n) is 12.5. The molecule has 4 aliphatic carbocycles. The van der Waals surface area contributed by atoms with Gasteiger partial charge in [-0.05, 0) is 86.4 Å². The summed E-state index contributed by atoms with van der Waals surface area (Å²) in [5.41, 5.74) is 2.31. The lowest BCUT2D eigenvalue weighted by atomic mass is 9.48. The lowest BCUT2D eigenvalue weighted by Gasteiger charge is -2.57. The summed E-state index contributed by atoms with van der Waals surface area (Å²) >= 11 is 0. The van der Waals surface area contributed by atoms with Gasteiger partial charge in [0.05, 0.1) is 12.2 Å². The fraction of sp³-hybridized carbons (Fsp3) is 0.923. The van der Waals surface area contributed by atoms with Gasteiger partial charge in [0.2, 0.25) is 0 Å². The van der Waals surface area contributed by atoms with Crippen LogP contribution in [-0.4, -0.2) is 23.9 Å². The van der Waals surface area contributed by atoms with Gasteiger partial charge >= 0.3 is 0 Å². The number of aliphatic hydroxyl groups is 1. The molecule has 3 saturated carbocycles. The molecule has 0 bridgehead atoms. The molecule has 0 amide bonds. The van der Waals surface area contributed by atoms with Crippen LogP contribution in [-0.2, 0) is 4.74 Å². The zero-order valence-electron chi connectivity index (χ0n) is 19.9. The molecule has 0 aromatic rings. The summed E-state index contributed by atoms with van der Waals surface area (Å²) in [5.74, 6) is 2.39. The van der Waals surface area contributed by atoms with Gasteiger partial charge in [-0.2, -0.15) is 0 Å². The Kier molecular flexibility index (Phi) is 8.65. The minimum absolute atomic E-state index is 0.0557. The molecule has 164 valence electrons. The van der Waals surface area contributed by atoms with Gasteiger partial charge in [-0.25, -0.2) is 0 Å². The third kappa shape index (κ3) is 4.10. The summed E-state index contributed by atoms with van der Waals surface area (Å²) in [5, 5.41) is 10.6. The standard InChI is InChI=1S/C22H36O2.2C2H6/c1-4-13-24-16-9-11-21(2)15(14-16)5-6-17-18-7-8-20(23)22(18,3)12-10-19(17)21;2*1-2/h5,16-20,23H,4,6-14H2,1-3H3;2*1-2H3. The Morgan fingerprint density at radius 3 is 2.39 bits per heavy atom. The molecule has 28 heavy (non-hydrogen) atoms. The summed E-state index contributed by atoms with van der Waals surface area (Å²) in [7, 11) is 0. The van der Waals surface area contributed by atoms with Crippen LogP contribution < -0.4 is 0 Å². The molecule has 3 fully saturated rings. The first-order chi connectivity index (χ1) is 13.5. The summed E-state index contributed by atoms with van der Waals surface area (Å²) in [4.78, 5) is 0. The van der Waals surface area contributed by atoms with E-state index in [1.165, 1.54) is 44.9 Å². The largest absolute Gasteiger partial charge is 0.393 e. The van der Waals surface area contributed by atoms with Crippen LogP contribution in [0, 0.1) is 28.6 Å². The molecule has 0 radical (unpaired) electrons. The molecule has 4 aliphatic rings. The molecular weight excluding hydrogens is 344 g/mol. The Bertz CT molecular complexity index is 513. The number of aliphatic hydroxyl groups excluding tert-OH is 1. The fourth-order valence-corrected chi connectivity index (χ4v) is 7.03. The van der Waals surface area contributed by atoms with Crippen LogP contribution in [0.5, 0.6) is 0 Å². The molecule has 2 nitrogen and oxygen atoms in total. The smallest absolute Gasteiger partial charge is 0.0612 e. The second kappa shape index (κ2) is 10.1. The average molecular weight is 393 g/mol. The topological polar surface area (TPSA) is 29.5 Å². The summed E-state index contributed by atoms with van der Waals surface area (Å²) in [6.07, 6.45) is 13.9. The van der Waals surface area contributed by atoms with E-state index in [1.54, 1.807) is 5.57 Å². The first kappa shape index (κ1) is 23.9. The van der Waals surface area contributed by atoms with Crippen molar-refractivity contribution in [2.75, 3.05) is 6.61 Å². The molecule has 0 aromatic carbocycles. The zero-order chi connectivity index (χ0) is 20.9. The predicted octanol–water partition coefficient (Wildman–Crippen LogP) is 7.16. The highest BCUT2D eigenvalue weighted by Crippen LogP contribution is 2.64. The average Bonchev–Trinajstić information content (AvgIpc) is 3.04. The Morgan fingerprint density at radius 1 is 1.00 bits per heavy atom. The van der Waals surface area contributed by atoms with Gasteiger partial charge < -0.3 is 9.84 Å². The highest BCUT2D eigenvalue weighted by atomic mass is 16.5. The van der Waals surface area contributed by atoms with Crippen LogP contribution in [0.4, 0.5) is 0 Å². The van der Waals surface area contributed by atoms with E-state index in [1.807, 2.05) is 27.7 Å². The molecule has 4 rings (SSSR count). The van der Waals surface area contributed by atoms with Crippen molar-refractivity contribution < 1.29 is 9.84 Å². The number of hydrogen-bond donors (Lipinski definition) is 1. The van der Waals surface area contributed by atoms with Crippen molar-refractivity contribution in [3.05, 3.63) is 11.6 Å². The van der Waals surface area contributed by atoms with E-state index in [0.717, 1.165) is 37.2 Å². The van der Waals surface area contributed by atoms with E-state index in [2.05, 4.69) is 26.8 Å². The number of hydrogen-bond acceptors (Lipinski definition) is 2. The van der Waals surface area contributed by atoms with Crippen molar-refractivity contribution in [1.82, 2.24) is 0 Å². The zero-order valence-corrected chi connectivity index (χ0v) is 19.9.